The molecule has 27 heavy (non-hydrogen) atoms. The van der Waals surface area contributed by atoms with Crippen LogP contribution in [0.25, 0.3) is 0 Å². The molecular formula is C20H22ClN3O3. The van der Waals surface area contributed by atoms with Gasteiger partial charge in [0.15, 0.2) is 0 Å². The summed E-state index contributed by atoms with van der Waals surface area (Å²) in [5, 5.41) is 7.22. The van der Waals surface area contributed by atoms with Gasteiger partial charge in [-0.25, -0.2) is 5.43 Å². The summed E-state index contributed by atoms with van der Waals surface area (Å²) in [6.07, 6.45) is 1.62. The molecule has 0 unspecified atom stereocenters. The lowest BCUT2D eigenvalue weighted by atomic mass is 10.2. The Labute approximate surface area is 163 Å². The number of rotatable bonds is 8. The van der Waals surface area contributed by atoms with E-state index in [1.807, 2.05) is 38.1 Å². The minimum Gasteiger partial charge on any atom is -0.494 e. The Balaban J connectivity index is 1.75. The molecule has 2 aromatic carbocycles. The van der Waals surface area contributed by atoms with Gasteiger partial charge < -0.3 is 10.1 Å². The number of ether oxygens (including phenoxy) is 1. The van der Waals surface area contributed by atoms with E-state index in [9.17, 15) is 9.59 Å². The molecule has 0 spiro atoms. The lowest BCUT2D eigenvalue weighted by molar-refractivity contribution is -0.124. The number of nitrogens with zero attached hydrogens (tertiary/aromatic N) is 1. The van der Waals surface area contributed by atoms with Crippen molar-refractivity contribution >= 4 is 35.3 Å². The molecule has 0 radical (unpaired) electrons. The number of nitrogens with one attached hydrogen (secondary N) is 2. The van der Waals surface area contributed by atoms with Crippen LogP contribution < -0.4 is 15.5 Å². The second kappa shape index (κ2) is 10.3. The third kappa shape index (κ3) is 6.75. The lowest BCUT2D eigenvalue weighted by Crippen LogP contribution is -2.20. The van der Waals surface area contributed by atoms with Gasteiger partial charge in [-0.1, -0.05) is 17.7 Å². The molecule has 0 bridgehead atoms. The number of hydrazone groups is 1. The summed E-state index contributed by atoms with van der Waals surface area (Å²) in [7, 11) is 0. The van der Waals surface area contributed by atoms with Crippen LogP contribution in [0.3, 0.4) is 0 Å². The van der Waals surface area contributed by atoms with E-state index < -0.39 is 0 Å². The number of hydrogen-bond donors (Lipinski definition) is 2. The fraction of sp³-hybridized carbons (Fsp3) is 0.250. The van der Waals surface area contributed by atoms with Crippen LogP contribution >= 0.6 is 11.6 Å². The third-order valence-electron chi connectivity index (χ3n) is 3.71. The minimum atomic E-state index is -0.338. The molecule has 0 atom stereocenters. The SMILES string of the molecule is CCOc1ccc(/C=N\NC(=O)CCC(=O)Nc2cccc(Cl)c2C)cc1. The zero-order valence-electron chi connectivity index (χ0n) is 15.3. The fourth-order valence-electron chi connectivity index (χ4n) is 2.23. The van der Waals surface area contributed by atoms with Crippen molar-refractivity contribution in [3.8, 4) is 5.75 Å². The summed E-state index contributed by atoms with van der Waals surface area (Å²) in [6.45, 7) is 4.34. The first kappa shape index (κ1) is 20.5. The van der Waals surface area contributed by atoms with Crippen molar-refractivity contribution in [3.63, 3.8) is 0 Å². The second-order valence-corrected chi connectivity index (χ2v) is 6.16. The topological polar surface area (TPSA) is 79.8 Å². The van der Waals surface area contributed by atoms with E-state index in [4.69, 9.17) is 16.3 Å². The number of benzene rings is 2. The fourth-order valence-corrected chi connectivity index (χ4v) is 2.41. The Morgan fingerprint density at radius 2 is 1.81 bits per heavy atom. The molecule has 2 aromatic rings. The highest BCUT2D eigenvalue weighted by Crippen LogP contribution is 2.23. The van der Waals surface area contributed by atoms with Crippen molar-refractivity contribution in [2.75, 3.05) is 11.9 Å². The van der Waals surface area contributed by atoms with Gasteiger partial charge in [0.1, 0.15) is 5.75 Å². The molecule has 2 amide bonds. The number of halogens is 1. The van der Waals surface area contributed by atoms with Crippen molar-refractivity contribution in [1.29, 1.82) is 0 Å². The van der Waals surface area contributed by atoms with Crippen molar-refractivity contribution < 1.29 is 14.3 Å². The van der Waals surface area contributed by atoms with Gasteiger partial charge in [0.05, 0.1) is 12.8 Å². The highest BCUT2D eigenvalue weighted by molar-refractivity contribution is 6.31. The van der Waals surface area contributed by atoms with Crippen molar-refractivity contribution in [2.24, 2.45) is 5.10 Å². The third-order valence-corrected chi connectivity index (χ3v) is 4.12. The smallest absolute Gasteiger partial charge is 0.240 e. The van der Waals surface area contributed by atoms with Crippen LogP contribution in [0.1, 0.15) is 30.9 Å². The van der Waals surface area contributed by atoms with Gasteiger partial charge in [-0.2, -0.15) is 5.10 Å². The first-order chi connectivity index (χ1) is 13.0. The van der Waals surface area contributed by atoms with E-state index in [2.05, 4.69) is 15.8 Å². The molecule has 0 saturated heterocycles. The van der Waals surface area contributed by atoms with E-state index >= 15 is 0 Å². The van der Waals surface area contributed by atoms with Gasteiger partial charge in [0, 0.05) is 23.6 Å². The van der Waals surface area contributed by atoms with E-state index in [0.717, 1.165) is 16.9 Å². The Kier molecular flexibility index (Phi) is 7.82. The molecule has 0 saturated carbocycles. The quantitative estimate of drug-likeness (QED) is 0.532. The van der Waals surface area contributed by atoms with Crippen LogP contribution in [-0.2, 0) is 9.59 Å². The summed E-state index contributed by atoms with van der Waals surface area (Å²) in [5.74, 6) is 0.181. The monoisotopic (exact) mass is 387 g/mol. The van der Waals surface area contributed by atoms with E-state index in [1.54, 1.807) is 18.2 Å². The van der Waals surface area contributed by atoms with Crippen molar-refractivity contribution in [3.05, 3.63) is 58.6 Å². The highest BCUT2D eigenvalue weighted by atomic mass is 35.5. The first-order valence-corrected chi connectivity index (χ1v) is 8.97. The van der Waals surface area contributed by atoms with Crippen LogP contribution in [0.15, 0.2) is 47.6 Å². The van der Waals surface area contributed by atoms with Gasteiger partial charge in [-0.05, 0) is 61.4 Å². The average molecular weight is 388 g/mol. The molecule has 0 aliphatic heterocycles. The number of anilines is 1. The lowest BCUT2D eigenvalue weighted by Gasteiger charge is -2.09. The first-order valence-electron chi connectivity index (χ1n) is 8.59. The van der Waals surface area contributed by atoms with Crippen LogP contribution in [-0.4, -0.2) is 24.6 Å². The summed E-state index contributed by atoms with van der Waals surface area (Å²) in [6, 6.07) is 12.6. The number of amides is 2. The zero-order chi connectivity index (χ0) is 19.6. The standard InChI is InChI=1S/C20H22ClN3O3/c1-3-27-16-9-7-15(8-10-16)13-22-24-20(26)12-11-19(25)23-18-6-4-5-17(21)14(18)2/h4-10,13H,3,11-12H2,1-2H3,(H,23,25)(H,24,26)/b22-13-. The van der Waals surface area contributed by atoms with Crippen molar-refractivity contribution in [2.45, 2.75) is 26.7 Å². The van der Waals surface area contributed by atoms with Gasteiger partial charge in [-0.15, -0.1) is 0 Å². The minimum absolute atomic E-state index is 0.0338. The van der Waals surface area contributed by atoms with Crippen LogP contribution in [0.4, 0.5) is 5.69 Å². The molecule has 2 rings (SSSR count). The molecule has 0 aromatic heterocycles. The van der Waals surface area contributed by atoms with Crippen LogP contribution in [0.2, 0.25) is 5.02 Å². The Morgan fingerprint density at radius 3 is 2.52 bits per heavy atom. The van der Waals surface area contributed by atoms with Gasteiger partial charge in [-0.3, -0.25) is 9.59 Å². The Bertz CT molecular complexity index is 820. The predicted molar refractivity (Wildman–Crippen MR) is 107 cm³/mol. The molecular weight excluding hydrogens is 366 g/mol. The molecule has 142 valence electrons. The summed E-state index contributed by atoms with van der Waals surface area (Å²) in [5.41, 5.74) is 4.66. The molecule has 2 N–H and O–H groups in total. The Morgan fingerprint density at radius 1 is 1.11 bits per heavy atom. The largest absolute Gasteiger partial charge is 0.494 e. The number of carbonyl (C=O) groups is 2. The van der Waals surface area contributed by atoms with Crippen molar-refractivity contribution in [1.82, 2.24) is 5.43 Å². The molecule has 0 fully saturated rings. The predicted octanol–water partition coefficient (Wildman–Crippen LogP) is 3.92. The van der Waals surface area contributed by atoms with E-state index in [-0.39, 0.29) is 24.7 Å². The maximum atomic E-state index is 12.0. The van der Waals surface area contributed by atoms with E-state index in [1.165, 1.54) is 6.21 Å². The average Bonchev–Trinajstić information content (AvgIpc) is 2.65. The number of hydrogen-bond acceptors (Lipinski definition) is 4. The molecule has 0 heterocycles. The van der Waals surface area contributed by atoms with Gasteiger partial charge >= 0.3 is 0 Å². The summed E-state index contributed by atoms with van der Waals surface area (Å²) in [4.78, 5) is 23.8. The molecule has 7 heteroatoms. The second-order valence-electron chi connectivity index (χ2n) is 5.76. The molecule has 0 aliphatic rings. The summed E-state index contributed by atoms with van der Waals surface area (Å²) < 4.78 is 5.35. The number of carbonyl (C=O) groups excluding carboxylic acids is 2. The highest BCUT2D eigenvalue weighted by Gasteiger charge is 2.09. The van der Waals surface area contributed by atoms with E-state index in [0.29, 0.717) is 17.3 Å². The van der Waals surface area contributed by atoms with Crippen LogP contribution in [0.5, 0.6) is 5.75 Å². The zero-order valence-corrected chi connectivity index (χ0v) is 16.0. The van der Waals surface area contributed by atoms with Crippen LogP contribution in [0, 0.1) is 6.92 Å². The maximum Gasteiger partial charge on any atom is 0.240 e. The maximum absolute atomic E-state index is 12.0. The van der Waals surface area contributed by atoms with Gasteiger partial charge in [0.25, 0.3) is 0 Å². The summed E-state index contributed by atoms with van der Waals surface area (Å²) >= 11 is 6.02. The molecule has 6 nitrogen and oxygen atoms in total. The molecule has 0 aliphatic carbocycles. The van der Waals surface area contributed by atoms with Gasteiger partial charge in [0.2, 0.25) is 11.8 Å². The normalized spacial score (nSPS) is 10.6. The Hall–Kier alpha value is -2.86.